The largest absolute Gasteiger partial charge is 0.450 e. The van der Waals surface area contributed by atoms with Gasteiger partial charge in [-0.05, 0) is 19.1 Å². The van der Waals surface area contributed by atoms with E-state index >= 15 is 0 Å². The van der Waals surface area contributed by atoms with Gasteiger partial charge in [0, 0.05) is 12.6 Å². The van der Waals surface area contributed by atoms with E-state index in [0.29, 0.717) is 12.1 Å². The van der Waals surface area contributed by atoms with E-state index in [4.69, 9.17) is 0 Å². The SMILES string of the molecule is CCn1c(CC(=O)C(F)(F)F)nc2cc(F)ccc21. The average molecular weight is 274 g/mol. The zero-order valence-corrected chi connectivity index (χ0v) is 9.96. The number of hydrogen-bond acceptors (Lipinski definition) is 2. The van der Waals surface area contributed by atoms with Gasteiger partial charge in [-0.25, -0.2) is 9.37 Å². The third-order valence-corrected chi connectivity index (χ3v) is 2.74. The van der Waals surface area contributed by atoms with Crippen LogP contribution in [-0.4, -0.2) is 21.5 Å². The molecule has 0 bridgehead atoms. The molecule has 2 rings (SSSR count). The molecule has 0 fully saturated rings. The molecule has 0 aliphatic heterocycles. The summed E-state index contributed by atoms with van der Waals surface area (Å²) in [5, 5.41) is 0. The summed E-state index contributed by atoms with van der Waals surface area (Å²) in [5.74, 6) is -2.40. The van der Waals surface area contributed by atoms with Gasteiger partial charge >= 0.3 is 6.18 Å². The number of halogens is 4. The highest BCUT2D eigenvalue weighted by Crippen LogP contribution is 2.22. The molecule has 0 atom stereocenters. The van der Waals surface area contributed by atoms with E-state index in [1.54, 1.807) is 6.92 Å². The van der Waals surface area contributed by atoms with Crippen LogP contribution in [0.25, 0.3) is 11.0 Å². The van der Waals surface area contributed by atoms with Crippen molar-refractivity contribution in [3.05, 3.63) is 29.8 Å². The smallest absolute Gasteiger partial charge is 0.328 e. The first-order chi connectivity index (χ1) is 8.82. The summed E-state index contributed by atoms with van der Waals surface area (Å²) in [6, 6.07) is 3.76. The van der Waals surface area contributed by atoms with Crippen molar-refractivity contribution < 1.29 is 22.4 Å². The van der Waals surface area contributed by atoms with Gasteiger partial charge in [0.1, 0.15) is 11.6 Å². The quantitative estimate of drug-likeness (QED) is 0.807. The average Bonchev–Trinajstić information content (AvgIpc) is 2.63. The molecule has 1 aromatic carbocycles. The van der Waals surface area contributed by atoms with Crippen LogP contribution in [0.5, 0.6) is 0 Å². The maximum atomic E-state index is 13.0. The summed E-state index contributed by atoms with van der Waals surface area (Å²) in [5.41, 5.74) is 0.751. The number of Topliss-reactive ketones (excluding diaryl/α,β-unsaturated/α-hetero) is 1. The number of rotatable bonds is 3. The predicted molar refractivity (Wildman–Crippen MR) is 60.1 cm³/mol. The summed E-state index contributed by atoms with van der Waals surface area (Å²) in [7, 11) is 0. The number of hydrogen-bond donors (Lipinski definition) is 0. The second kappa shape index (κ2) is 4.64. The Bertz CT molecular complexity index is 630. The van der Waals surface area contributed by atoms with Crippen molar-refractivity contribution in [2.75, 3.05) is 0 Å². The van der Waals surface area contributed by atoms with E-state index in [-0.39, 0.29) is 11.3 Å². The Morgan fingerprint density at radius 3 is 2.63 bits per heavy atom. The van der Waals surface area contributed by atoms with Crippen LogP contribution >= 0.6 is 0 Å². The molecule has 0 amide bonds. The van der Waals surface area contributed by atoms with Gasteiger partial charge in [0.2, 0.25) is 5.78 Å². The Labute approximate surface area is 105 Å². The second-order valence-electron chi connectivity index (χ2n) is 4.00. The number of imidazole rings is 1. The van der Waals surface area contributed by atoms with Gasteiger partial charge in [-0.1, -0.05) is 0 Å². The van der Waals surface area contributed by atoms with Gasteiger partial charge in [-0.3, -0.25) is 4.79 Å². The van der Waals surface area contributed by atoms with Crippen molar-refractivity contribution in [1.82, 2.24) is 9.55 Å². The Hall–Kier alpha value is -1.92. The Balaban J connectivity index is 2.46. The first-order valence-electron chi connectivity index (χ1n) is 5.57. The first kappa shape index (κ1) is 13.5. The summed E-state index contributed by atoms with van der Waals surface area (Å²) >= 11 is 0. The van der Waals surface area contributed by atoms with Gasteiger partial charge in [0.15, 0.2) is 0 Å². The van der Waals surface area contributed by atoms with Crippen LogP contribution in [0.3, 0.4) is 0 Å². The monoisotopic (exact) mass is 274 g/mol. The number of carbonyl (C=O) groups is 1. The fourth-order valence-electron chi connectivity index (χ4n) is 1.88. The molecule has 1 heterocycles. The van der Waals surface area contributed by atoms with Crippen LogP contribution in [-0.2, 0) is 17.8 Å². The highest BCUT2D eigenvalue weighted by Gasteiger charge is 2.38. The molecule has 0 saturated heterocycles. The zero-order valence-electron chi connectivity index (χ0n) is 9.96. The summed E-state index contributed by atoms with van der Waals surface area (Å²) in [6.45, 7) is 2.06. The Kier molecular flexibility index (Phi) is 3.30. The molecule has 0 radical (unpaired) electrons. The lowest BCUT2D eigenvalue weighted by molar-refractivity contribution is -0.170. The minimum absolute atomic E-state index is 0.00887. The molecule has 0 aliphatic carbocycles. The lowest BCUT2D eigenvalue weighted by atomic mass is 10.2. The standard InChI is InChI=1S/C12H10F4N2O/c1-2-18-9-4-3-7(13)5-8(9)17-11(18)6-10(19)12(14,15)16/h3-5H,2,6H2,1H3. The van der Waals surface area contributed by atoms with E-state index in [0.717, 1.165) is 6.07 Å². The molecule has 1 aromatic heterocycles. The Morgan fingerprint density at radius 2 is 2.05 bits per heavy atom. The van der Waals surface area contributed by atoms with Gasteiger partial charge < -0.3 is 4.57 Å². The zero-order chi connectivity index (χ0) is 14.2. The molecule has 2 aromatic rings. The Morgan fingerprint density at radius 1 is 1.37 bits per heavy atom. The van der Waals surface area contributed by atoms with Crippen LogP contribution in [0.4, 0.5) is 17.6 Å². The topological polar surface area (TPSA) is 34.9 Å². The highest BCUT2D eigenvalue weighted by atomic mass is 19.4. The maximum Gasteiger partial charge on any atom is 0.450 e. The van der Waals surface area contributed by atoms with Gasteiger partial charge in [-0.15, -0.1) is 0 Å². The van der Waals surface area contributed by atoms with E-state index in [1.807, 2.05) is 0 Å². The predicted octanol–water partition coefficient (Wildman–Crippen LogP) is 2.87. The summed E-state index contributed by atoms with van der Waals surface area (Å²) in [6.07, 6.45) is -5.73. The molecule has 19 heavy (non-hydrogen) atoms. The highest BCUT2D eigenvalue weighted by molar-refractivity contribution is 5.86. The second-order valence-corrected chi connectivity index (χ2v) is 4.00. The third kappa shape index (κ3) is 2.59. The van der Waals surface area contributed by atoms with Gasteiger partial charge in [0.25, 0.3) is 0 Å². The molecule has 0 saturated carbocycles. The van der Waals surface area contributed by atoms with Crippen LogP contribution in [0, 0.1) is 5.82 Å². The number of fused-ring (bicyclic) bond motifs is 1. The molecular weight excluding hydrogens is 264 g/mol. The first-order valence-corrected chi connectivity index (χ1v) is 5.57. The van der Waals surface area contributed by atoms with Crippen molar-refractivity contribution in [2.45, 2.75) is 26.1 Å². The lowest BCUT2D eigenvalue weighted by Gasteiger charge is -2.07. The fraction of sp³-hybridized carbons (Fsp3) is 0.333. The van der Waals surface area contributed by atoms with E-state index in [2.05, 4.69) is 4.98 Å². The van der Waals surface area contributed by atoms with Crippen LogP contribution in [0.1, 0.15) is 12.7 Å². The minimum atomic E-state index is -4.89. The van der Waals surface area contributed by atoms with Crippen molar-refractivity contribution in [3.8, 4) is 0 Å². The maximum absolute atomic E-state index is 13.0. The number of ketones is 1. The molecule has 0 unspecified atom stereocenters. The number of aryl methyl sites for hydroxylation is 1. The van der Waals surface area contributed by atoms with Crippen LogP contribution in [0.2, 0.25) is 0 Å². The number of carbonyl (C=O) groups excluding carboxylic acids is 1. The third-order valence-electron chi connectivity index (χ3n) is 2.74. The molecule has 3 nitrogen and oxygen atoms in total. The van der Waals surface area contributed by atoms with E-state index in [1.165, 1.54) is 16.7 Å². The van der Waals surface area contributed by atoms with Crippen LogP contribution < -0.4 is 0 Å². The van der Waals surface area contributed by atoms with E-state index < -0.39 is 24.2 Å². The molecule has 0 spiro atoms. The molecule has 0 N–H and O–H groups in total. The lowest BCUT2D eigenvalue weighted by Crippen LogP contribution is -2.26. The normalized spacial score (nSPS) is 12.1. The molecule has 102 valence electrons. The minimum Gasteiger partial charge on any atom is -0.328 e. The van der Waals surface area contributed by atoms with Gasteiger partial charge in [-0.2, -0.15) is 13.2 Å². The summed E-state index contributed by atoms with van der Waals surface area (Å²) in [4.78, 5) is 14.9. The van der Waals surface area contributed by atoms with E-state index in [9.17, 15) is 22.4 Å². The number of alkyl halides is 3. The summed E-state index contributed by atoms with van der Waals surface area (Å²) < 4.78 is 51.2. The number of benzene rings is 1. The van der Waals surface area contributed by atoms with Crippen molar-refractivity contribution in [1.29, 1.82) is 0 Å². The van der Waals surface area contributed by atoms with Crippen molar-refractivity contribution in [3.63, 3.8) is 0 Å². The molecule has 0 aliphatic rings. The van der Waals surface area contributed by atoms with Crippen LogP contribution in [0.15, 0.2) is 18.2 Å². The number of aromatic nitrogens is 2. The fourth-order valence-corrected chi connectivity index (χ4v) is 1.88. The molecule has 7 heteroatoms. The van der Waals surface area contributed by atoms with Crippen molar-refractivity contribution in [2.24, 2.45) is 0 Å². The van der Waals surface area contributed by atoms with Crippen molar-refractivity contribution >= 4 is 16.8 Å². The molecular formula is C12H10F4N2O. The van der Waals surface area contributed by atoms with Gasteiger partial charge in [0.05, 0.1) is 17.5 Å². The number of nitrogens with zero attached hydrogens (tertiary/aromatic N) is 2.